The molecule has 2 fully saturated rings. The zero-order chi connectivity index (χ0) is 19.6. The molecule has 154 valence electrons. The van der Waals surface area contributed by atoms with Gasteiger partial charge in [-0.2, -0.15) is 0 Å². The molecule has 2 N–H and O–H groups in total. The van der Waals surface area contributed by atoms with Crippen molar-refractivity contribution in [1.29, 1.82) is 0 Å². The van der Waals surface area contributed by atoms with Gasteiger partial charge in [0.25, 0.3) is 0 Å². The number of rotatable bonds is 7. The lowest BCUT2D eigenvalue weighted by Gasteiger charge is -2.20. The Morgan fingerprint density at radius 2 is 1.82 bits per heavy atom. The van der Waals surface area contributed by atoms with Crippen LogP contribution in [0.3, 0.4) is 0 Å². The molecular weight excluding hydrogens is 356 g/mol. The molecule has 2 aliphatic rings. The van der Waals surface area contributed by atoms with Crippen LogP contribution in [0.2, 0.25) is 0 Å². The highest BCUT2D eigenvalue weighted by Gasteiger charge is 2.19. The second-order valence-electron chi connectivity index (χ2n) is 7.65. The first-order valence-corrected chi connectivity index (χ1v) is 10.6. The van der Waals surface area contributed by atoms with E-state index in [0.29, 0.717) is 25.4 Å². The quantitative estimate of drug-likeness (QED) is 0.752. The van der Waals surface area contributed by atoms with E-state index in [2.05, 4.69) is 15.6 Å². The Hall–Kier alpha value is -2.31. The highest BCUT2D eigenvalue weighted by molar-refractivity contribution is 5.78. The largest absolute Gasteiger partial charge is 0.474 e. The Morgan fingerprint density at radius 1 is 1.07 bits per heavy atom. The van der Waals surface area contributed by atoms with E-state index in [1.54, 1.807) is 6.20 Å². The lowest BCUT2D eigenvalue weighted by atomic mass is 10.2. The Bertz CT molecular complexity index is 638. The third-order valence-corrected chi connectivity index (χ3v) is 5.45. The van der Waals surface area contributed by atoms with Crippen LogP contribution in [0.4, 0.5) is 4.79 Å². The minimum atomic E-state index is -0.278. The van der Waals surface area contributed by atoms with Crippen molar-refractivity contribution in [3.8, 4) is 5.88 Å². The number of amides is 3. The van der Waals surface area contributed by atoms with Crippen molar-refractivity contribution in [1.82, 2.24) is 20.5 Å². The van der Waals surface area contributed by atoms with Gasteiger partial charge in [0, 0.05) is 44.4 Å². The van der Waals surface area contributed by atoms with Gasteiger partial charge in [-0.05, 0) is 44.6 Å². The SMILES string of the molecule is O=C(NCCC(=O)N1CCCCCC1)NCc1cccnc1OC1CCCC1. The van der Waals surface area contributed by atoms with Crippen molar-refractivity contribution in [3.63, 3.8) is 0 Å². The van der Waals surface area contributed by atoms with Crippen LogP contribution in [0.15, 0.2) is 18.3 Å². The average molecular weight is 389 g/mol. The molecule has 7 nitrogen and oxygen atoms in total. The van der Waals surface area contributed by atoms with Gasteiger partial charge in [-0.3, -0.25) is 4.79 Å². The summed E-state index contributed by atoms with van der Waals surface area (Å²) < 4.78 is 6.00. The Labute approximate surface area is 167 Å². The summed E-state index contributed by atoms with van der Waals surface area (Å²) in [5, 5.41) is 5.60. The summed E-state index contributed by atoms with van der Waals surface area (Å²) in [5.41, 5.74) is 0.866. The molecular formula is C21H32N4O3. The molecule has 3 amide bonds. The molecule has 0 spiro atoms. The fraction of sp³-hybridized carbons (Fsp3) is 0.667. The van der Waals surface area contributed by atoms with E-state index in [1.807, 2.05) is 17.0 Å². The molecule has 1 aliphatic carbocycles. The number of carbonyl (C=O) groups is 2. The summed E-state index contributed by atoms with van der Waals surface area (Å²) in [6, 6.07) is 3.48. The summed E-state index contributed by atoms with van der Waals surface area (Å²) >= 11 is 0. The summed E-state index contributed by atoms with van der Waals surface area (Å²) in [7, 11) is 0. The van der Waals surface area contributed by atoms with Gasteiger partial charge >= 0.3 is 6.03 Å². The summed E-state index contributed by atoms with van der Waals surface area (Å²) in [4.78, 5) is 30.6. The third-order valence-electron chi connectivity index (χ3n) is 5.45. The van der Waals surface area contributed by atoms with E-state index in [4.69, 9.17) is 4.74 Å². The molecule has 7 heteroatoms. The molecule has 0 atom stereocenters. The fourth-order valence-corrected chi connectivity index (χ4v) is 3.83. The van der Waals surface area contributed by atoms with Crippen LogP contribution in [-0.2, 0) is 11.3 Å². The molecule has 1 aliphatic heterocycles. The number of likely N-dealkylation sites (tertiary alicyclic amines) is 1. The van der Waals surface area contributed by atoms with Crippen LogP contribution in [0.25, 0.3) is 0 Å². The van der Waals surface area contributed by atoms with E-state index in [9.17, 15) is 9.59 Å². The predicted octanol–water partition coefficient (Wildman–Crippen LogP) is 2.99. The van der Waals surface area contributed by atoms with Crippen molar-refractivity contribution in [2.75, 3.05) is 19.6 Å². The highest BCUT2D eigenvalue weighted by atomic mass is 16.5. The number of nitrogens with zero attached hydrogens (tertiary/aromatic N) is 2. The first-order valence-electron chi connectivity index (χ1n) is 10.6. The van der Waals surface area contributed by atoms with Crippen molar-refractivity contribution in [2.24, 2.45) is 0 Å². The molecule has 2 heterocycles. The number of ether oxygens (including phenoxy) is 1. The maximum Gasteiger partial charge on any atom is 0.315 e. The van der Waals surface area contributed by atoms with E-state index in [0.717, 1.165) is 44.3 Å². The molecule has 1 aromatic rings. The normalized spacial score (nSPS) is 17.8. The Morgan fingerprint density at radius 3 is 2.57 bits per heavy atom. The molecule has 1 saturated carbocycles. The van der Waals surface area contributed by atoms with Gasteiger partial charge in [0.15, 0.2) is 0 Å². The molecule has 28 heavy (non-hydrogen) atoms. The van der Waals surface area contributed by atoms with Crippen LogP contribution in [0, 0.1) is 0 Å². The summed E-state index contributed by atoms with van der Waals surface area (Å²) in [6.07, 6.45) is 11.4. The van der Waals surface area contributed by atoms with Crippen LogP contribution >= 0.6 is 0 Å². The zero-order valence-corrected chi connectivity index (χ0v) is 16.6. The molecule has 1 saturated heterocycles. The maximum absolute atomic E-state index is 12.3. The average Bonchev–Trinajstić information content (AvgIpc) is 3.06. The van der Waals surface area contributed by atoms with Crippen molar-refractivity contribution in [3.05, 3.63) is 23.9 Å². The van der Waals surface area contributed by atoms with Crippen LogP contribution < -0.4 is 15.4 Å². The van der Waals surface area contributed by atoms with E-state index in [-0.39, 0.29) is 18.0 Å². The van der Waals surface area contributed by atoms with Gasteiger partial charge in [-0.1, -0.05) is 18.9 Å². The van der Waals surface area contributed by atoms with Crippen LogP contribution in [0.1, 0.15) is 63.4 Å². The molecule has 1 aromatic heterocycles. The number of hydrogen-bond acceptors (Lipinski definition) is 4. The number of hydrogen-bond donors (Lipinski definition) is 2. The number of pyridine rings is 1. The second kappa shape index (κ2) is 10.9. The van der Waals surface area contributed by atoms with E-state index in [1.165, 1.54) is 25.7 Å². The predicted molar refractivity (Wildman–Crippen MR) is 107 cm³/mol. The summed E-state index contributed by atoms with van der Waals surface area (Å²) in [6.45, 7) is 2.38. The maximum atomic E-state index is 12.3. The van der Waals surface area contributed by atoms with Crippen LogP contribution in [-0.4, -0.2) is 47.6 Å². The van der Waals surface area contributed by atoms with Gasteiger partial charge in [0.1, 0.15) is 6.10 Å². The van der Waals surface area contributed by atoms with Crippen molar-refractivity contribution in [2.45, 2.75) is 70.4 Å². The van der Waals surface area contributed by atoms with Gasteiger partial charge < -0.3 is 20.3 Å². The fourth-order valence-electron chi connectivity index (χ4n) is 3.83. The molecule has 0 bridgehead atoms. The van der Waals surface area contributed by atoms with E-state index >= 15 is 0 Å². The third kappa shape index (κ3) is 6.39. The van der Waals surface area contributed by atoms with E-state index < -0.39 is 0 Å². The first-order chi connectivity index (χ1) is 13.7. The highest BCUT2D eigenvalue weighted by Crippen LogP contribution is 2.24. The number of carbonyl (C=O) groups excluding carboxylic acids is 2. The topological polar surface area (TPSA) is 83.6 Å². The second-order valence-corrected chi connectivity index (χ2v) is 7.65. The van der Waals surface area contributed by atoms with Gasteiger partial charge in [0.05, 0.1) is 0 Å². The Kier molecular flexibility index (Phi) is 7.94. The lowest BCUT2D eigenvalue weighted by Crippen LogP contribution is -2.39. The minimum Gasteiger partial charge on any atom is -0.474 e. The molecule has 0 unspecified atom stereocenters. The molecule has 0 radical (unpaired) electrons. The van der Waals surface area contributed by atoms with Gasteiger partial charge in [-0.15, -0.1) is 0 Å². The summed E-state index contributed by atoms with van der Waals surface area (Å²) in [5.74, 6) is 0.729. The number of urea groups is 1. The van der Waals surface area contributed by atoms with Gasteiger partial charge in [-0.25, -0.2) is 9.78 Å². The number of aromatic nitrogens is 1. The van der Waals surface area contributed by atoms with Crippen LogP contribution in [0.5, 0.6) is 5.88 Å². The van der Waals surface area contributed by atoms with Gasteiger partial charge in [0.2, 0.25) is 11.8 Å². The molecule has 0 aromatic carbocycles. The van der Waals surface area contributed by atoms with Crippen molar-refractivity contribution < 1.29 is 14.3 Å². The first kappa shape index (κ1) is 20.4. The Balaban J connectivity index is 1.38. The minimum absolute atomic E-state index is 0.127. The monoisotopic (exact) mass is 388 g/mol. The zero-order valence-electron chi connectivity index (χ0n) is 16.6. The lowest BCUT2D eigenvalue weighted by molar-refractivity contribution is -0.131. The smallest absolute Gasteiger partial charge is 0.315 e. The number of nitrogens with one attached hydrogen (secondary N) is 2. The van der Waals surface area contributed by atoms with Crippen molar-refractivity contribution >= 4 is 11.9 Å². The standard InChI is InChI=1S/C21H32N4O3/c26-19(25-14-5-1-2-6-15-25)11-13-23-21(27)24-16-17-8-7-12-22-20(17)28-18-9-3-4-10-18/h7-8,12,18H,1-6,9-11,13-16H2,(H2,23,24,27). The molecule has 3 rings (SSSR count).